The number of nitrogens with zero attached hydrogens (tertiary/aromatic N) is 1. The van der Waals surface area contributed by atoms with E-state index < -0.39 is 25.1 Å². The normalized spacial score (nSPS) is 14.0. The van der Waals surface area contributed by atoms with E-state index in [1.807, 2.05) is 0 Å². The van der Waals surface area contributed by atoms with Gasteiger partial charge in [0.1, 0.15) is 0 Å². The molecule has 0 bridgehead atoms. The molecule has 0 aliphatic carbocycles. The molecule has 0 saturated heterocycles. The topological polar surface area (TPSA) is 128 Å². The minimum absolute atomic E-state index is 0.00926. The third-order valence-electron chi connectivity index (χ3n) is 4.39. The number of alkyl halides is 2. The van der Waals surface area contributed by atoms with Crippen molar-refractivity contribution in [1.82, 2.24) is 0 Å². The average molecular weight is 478 g/mol. The number of nitrogens with two attached hydrogens (primary N) is 1. The molecule has 2 aromatic carbocycles. The zero-order valence-corrected chi connectivity index (χ0v) is 18.3. The fourth-order valence-corrected chi connectivity index (χ4v) is 2.95. The summed E-state index contributed by atoms with van der Waals surface area (Å²) >= 11 is 0. The van der Waals surface area contributed by atoms with Gasteiger partial charge in [-0.15, -0.1) is 0 Å². The molecule has 1 heterocycles. The highest BCUT2D eigenvalue weighted by molar-refractivity contribution is 6.13. The Labute approximate surface area is 192 Å². The Morgan fingerprint density at radius 3 is 2.26 bits per heavy atom. The molecular formula is C22H20F2N2O8. The van der Waals surface area contributed by atoms with E-state index >= 15 is 0 Å². The maximum atomic E-state index is 12.5. The monoisotopic (exact) mass is 478 g/mol. The number of benzene rings is 2. The number of hydrogen-bond donors (Lipinski definition) is 1. The lowest BCUT2D eigenvalue weighted by Gasteiger charge is -2.14. The number of hydrogen-bond acceptors (Lipinski definition) is 9. The molecule has 2 aromatic rings. The lowest BCUT2D eigenvalue weighted by Crippen LogP contribution is -2.20. The Kier molecular flexibility index (Phi) is 7.51. The molecule has 0 spiro atoms. The van der Waals surface area contributed by atoms with Crippen molar-refractivity contribution in [3.05, 3.63) is 47.2 Å². The van der Waals surface area contributed by atoms with Crippen LogP contribution in [-0.4, -0.2) is 52.3 Å². The first kappa shape index (κ1) is 24.3. The number of aliphatic imine (C=N–C) groups is 1. The zero-order chi connectivity index (χ0) is 24.8. The second kappa shape index (κ2) is 10.5. The largest absolute Gasteiger partial charge is 0.493 e. The molecule has 0 saturated carbocycles. The van der Waals surface area contributed by atoms with E-state index in [0.29, 0.717) is 11.1 Å². The Balaban J connectivity index is 1.94. The van der Waals surface area contributed by atoms with Gasteiger partial charge < -0.3 is 34.2 Å². The second-order valence-electron chi connectivity index (χ2n) is 6.59. The van der Waals surface area contributed by atoms with Crippen molar-refractivity contribution >= 4 is 23.9 Å². The molecule has 3 rings (SSSR count). The molecule has 0 fully saturated rings. The minimum Gasteiger partial charge on any atom is -0.493 e. The molecule has 0 unspecified atom stereocenters. The van der Waals surface area contributed by atoms with Crippen LogP contribution in [0.15, 0.2) is 41.0 Å². The lowest BCUT2D eigenvalue weighted by atomic mass is 10.1. The molecule has 0 aromatic heterocycles. The zero-order valence-electron chi connectivity index (χ0n) is 18.3. The summed E-state index contributed by atoms with van der Waals surface area (Å²) in [7, 11) is 4.05. The summed E-state index contributed by atoms with van der Waals surface area (Å²) in [6.45, 7) is -3.42. The first-order valence-electron chi connectivity index (χ1n) is 9.58. The quantitative estimate of drug-likeness (QED) is 0.408. The third-order valence-corrected chi connectivity index (χ3v) is 4.39. The summed E-state index contributed by atoms with van der Waals surface area (Å²) in [5, 5.41) is 0. The van der Waals surface area contributed by atoms with Gasteiger partial charge in [-0.25, -0.2) is 9.79 Å². The van der Waals surface area contributed by atoms with E-state index in [2.05, 4.69) is 9.73 Å². The van der Waals surface area contributed by atoms with E-state index in [1.165, 1.54) is 57.7 Å². The van der Waals surface area contributed by atoms with Crippen LogP contribution in [0.4, 0.5) is 8.78 Å². The van der Waals surface area contributed by atoms with Gasteiger partial charge in [0.15, 0.2) is 35.3 Å². The Bertz CT molecular complexity index is 1140. The number of rotatable bonds is 10. The molecule has 1 amide bonds. The minimum atomic E-state index is -3.03. The van der Waals surface area contributed by atoms with Gasteiger partial charge in [-0.05, 0) is 42.0 Å². The predicted molar refractivity (Wildman–Crippen MR) is 114 cm³/mol. The van der Waals surface area contributed by atoms with E-state index in [1.54, 1.807) is 0 Å². The number of esters is 1. The highest BCUT2D eigenvalue weighted by Crippen LogP contribution is 2.39. The molecular weight excluding hydrogens is 458 g/mol. The maximum Gasteiger partial charge on any atom is 0.387 e. The number of halogens is 2. The van der Waals surface area contributed by atoms with E-state index in [4.69, 9.17) is 29.4 Å². The number of primary amides is 1. The average Bonchev–Trinajstić information content (AvgIpc) is 3.17. The van der Waals surface area contributed by atoms with Crippen LogP contribution in [0.1, 0.15) is 11.1 Å². The van der Waals surface area contributed by atoms with E-state index in [-0.39, 0.29) is 40.3 Å². The fraction of sp³-hybridized carbons (Fsp3) is 0.227. The lowest BCUT2D eigenvalue weighted by molar-refractivity contribution is -0.130. The van der Waals surface area contributed by atoms with Crippen LogP contribution in [0, 0.1) is 0 Å². The summed E-state index contributed by atoms with van der Waals surface area (Å²) < 4.78 is 55.7. The van der Waals surface area contributed by atoms with Crippen molar-refractivity contribution < 1.29 is 46.8 Å². The predicted octanol–water partition coefficient (Wildman–Crippen LogP) is 2.52. The maximum absolute atomic E-state index is 12.5. The van der Waals surface area contributed by atoms with Gasteiger partial charge in [-0.2, -0.15) is 8.78 Å². The third kappa shape index (κ3) is 5.52. The molecule has 2 N–H and O–H groups in total. The van der Waals surface area contributed by atoms with Gasteiger partial charge >= 0.3 is 12.6 Å². The van der Waals surface area contributed by atoms with Crippen molar-refractivity contribution in [3.8, 4) is 28.7 Å². The first-order chi connectivity index (χ1) is 16.2. The van der Waals surface area contributed by atoms with Crippen LogP contribution in [0.3, 0.4) is 0 Å². The summed E-state index contributed by atoms with van der Waals surface area (Å²) in [5.74, 6) is -1.05. The number of cyclic esters (lactones) is 1. The SMILES string of the molecule is COc1cc(C2=NC(=Cc3cc(OC)c(OCC(N)=O)c(OC)c3)C(=O)O2)ccc1OC(F)F. The summed E-state index contributed by atoms with van der Waals surface area (Å²) in [5.41, 5.74) is 5.83. The number of methoxy groups -OCH3 is 3. The van der Waals surface area contributed by atoms with Crippen LogP contribution < -0.4 is 29.4 Å². The van der Waals surface area contributed by atoms with Crippen molar-refractivity contribution in [3.63, 3.8) is 0 Å². The van der Waals surface area contributed by atoms with Crippen molar-refractivity contribution in [2.75, 3.05) is 27.9 Å². The number of carbonyl (C=O) groups is 2. The van der Waals surface area contributed by atoms with Gasteiger partial charge in [-0.1, -0.05) is 0 Å². The van der Waals surface area contributed by atoms with Crippen LogP contribution >= 0.6 is 0 Å². The highest BCUT2D eigenvalue weighted by Gasteiger charge is 2.26. The Hall–Kier alpha value is -4.35. The smallest absolute Gasteiger partial charge is 0.387 e. The van der Waals surface area contributed by atoms with E-state index in [0.717, 1.165) is 0 Å². The van der Waals surface area contributed by atoms with Crippen LogP contribution in [0.2, 0.25) is 0 Å². The summed E-state index contributed by atoms with van der Waals surface area (Å²) in [6, 6.07) is 7.06. The van der Waals surface area contributed by atoms with E-state index in [9.17, 15) is 18.4 Å². The molecule has 1 aliphatic rings. The van der Waals surface area contributed by atoms with Crippen LogP contribution in [0.25, 0.3) is 6.08 Å². The van der Waals surface area contributed by atoms with Crippen LogP contribution in [-0.2, 0) is 14.3 Å². The molecule has 0 atom stereocenters. The van der Waals surface area contributed by atoms with Gasteiger partial charge in [-0.3, -0.25) is 4.79 Å². The number of amides is 1. The van der Waals surface area contributed by atoms with Crippen molar-refractivity contribution in [1.29, 1.82) is 0 Å². The molecule has 0 radical (unpaired) electrons. The molecule has 12 heteroatoms. The molecule has 34 heavy (non-hydrogen) atoms. The van der Waals surface area contributed by atoms with Gasteiger partial charge in [0.2, 0.25) is 11.6 Å². The van der Waals surface area contributed by atoms with Gasteiger partial charge in [0.25, 0.3) is 5.91 Å². The second-order valence-corrected chi connectivity index (χ2v) is 6.59. The summed E-state index contributed by atoms with van der Waals surface area (Å²) in [6.07, 6.45) is 1.42. The van der Waals surface area contributed by atoms with Gasteiger partial charge in [0.05, 0.1) is 21.3 Å². The van der Waals surface area contributed by atoms with Crippen LogP contribution in [0.5, 0.6) is 28.7 Å². The first-order valence-corrected chi connectivity index (χ1v) is 9.58. The molecule has 1 aliphatic heterocycles. The highest BCUT2D eigenvalue weighted by atomic mass is 19.3. The fourth-order valence-electron chi connectivity index (χ4n) is 2.95. The summed E-state index contributed by atoms with van der Waals surface area (Å²) in [4.78, 5) is 27.6. The van der Waals surface area contributed by atoms with Crippen molar-refractivity contribution in [2.45, 2.75) is 6.61 Å². The standard InChI is InChI=1S/C22H20F2N2O8/c1-29-15-9-12(4-5-14(15)33-22(23)24)20-26-13(21(28)34-20)6-11-7-16(30-2)19(17(8-11)31-3)32-10-18(25)27/h4-9,22H,10H2,1-3H3,(H2,25,27). The van der Waals surface area contributed by atoms with Gasteiger partial charge in [0, 0.05) is 5.56 Å². The number of ether oxygens (including phenoxy) is 6. The molecule has 180 valence electrons. The van der Waals surface area contributed by atoms with Crippen molar-refractivity contribution in [2.24, 2.45) is 10.7 Å². The molecule has 10 nitrogen and oxygen atoms in total. The number of carbonyl (C=O) groups excluding carboxylic acids is 2. The Morgan fingerprint density at radius 2 is 1.71 bits per heavy atom. The Morgan fingerprint density at radius 1 is 1.06 bits per heavy atom.